The molecule has 0 aliphatic carbocycles. The molecule has 1 heterocycles. The Balaban J connectivity index is 2.75. The van der Waals surface area contributed by atoms with E-state index in [9.17, 15) is 0 Å². The van der Waals surface area contributed by atoms with Crippen molar-refractivity contribution in [3.63, 3.8) is 0 Å². The van der Waals surface area contributed by atoms with Crippen LogP contribution in [0.4, 0.5) is 11.6 Å². The molecular weight excluding hydrogens is 196 g/mol. The molecular formula is C9H10N4O2. The van der Waals surface area contributed by atoms with Crippen LogP contribution in [0.3, 0.4) is 0 Å². The van der Waals surface area contributed by atoms with Gasteiger partial charge in [0, 0.05) is 0 Å². The van der Waals surface area contributed by atoms with Crippen LogP contribution in [0.25, 0.3) is 11.0 Å². The number of benzene rings is 1. The number of fused-ring (bicyclic) bond motifs is 1. The SMILES string of the molecule is Cc1cccc2nc(NO)c(NO)nc12. The van der Waals surface area contributed by atoms with E-state index in [1.165, 1.54) is 0 Å². The van der Waals surface area contributed by atoms with Crippen molar-refractivity contribution < 1.29 is 10.4 Å². The summed E-state index contributed by atoms with van der Waals surface area (Å²) >= 11 is 0. The van der Waals surface area contributed by atoms with Gasteiger partial charge in [0.15, 0.2) is 11.6 Å². The Hall–Kier alpha value is -1.92. The predicted molar refractivity (Wildman–Crippen MR) is 55.1 cm³/mol. The van der Waals surface area contributed by atoms with Crippen LogP contribution in [0.5, 0.6) is 0 Å². The zero-order valence-corrected chi connectivity index (χ0v) is 8.02. The lowest BCUT2D eigenvalue weighted by Crippen LogP contribution is -2.03. The summed E-state index contributed by atoms with van der Waals surface area (Å²) in [4.78, 5) is 8.20. The molecule has 1 aromatic carbocycles. The Morgan fingerprint density at radius 2 is 1.73 bits per heavy atom. The second-order valence-corrected chi connectivity index (χ2v) is 3.09. The van der Waals surface area contributed by atoms with E-state index in [-0.39, 0.29) is 11.6 Å². The zero-order chi connectivity index (χ0) is 10.8. The fourth-order valence-electron chi connectivity index (χ4n) is 1.37. The molecule has 2 aromatic rings. The van der Waals surface area contributed by atoms with Gasteiger partial charge in [-0.3, -0.25) is 10.4 Å². The summed E-state index contributed by atoms with van der Waals surface area (Å²) in [7, 11) is 0. The molecule has 0 aliphatic heterocycles. The van der Waals surface area contributed by atoms with Crippen molar-refractivity contribution in [1.82, 2.24) is 9.97 Å². The van der Waals surface area contributed by atoms with E-state index in [2.05, 4.69) is 9.97 Å². The number of nitrogens with one attached hydrogen (secondary N) is 2. The van der Waals surface area contributed by atoms with E-state index in [0.717, 1.165) is 5.56 Å². The zero-order valence-electron chi connectivity index (χ0n) is 8.02. The normalized spacial score (nSPS) is 10.3. The number of aromatic nitrogens is 2. The first-order valence-corrected chi connectivity index (χ1v) is 4.34. The Kier molecular flexibility index (Phi) is 2.36. The molecule has 0 saturated heterocycles. The minimum Gasteiger partial charge on any atom is -0.290 e. The number of nitrogens with zero attached hydrogens (tertiary/aromatic N) is 2. The molecule has 15 heavy (non-hydrogen) atoms. The molecule has 0 spiro atoms. The lowest BCUT2D eigenvalue weighted by Gasteiger charge is -2.07. The van der Waals surface area contributed by atoms with Gasteiger partial charge in [0.05, 0.1) is 11.0 Å². The van der Waals surface area contributed by atoms with Gasteiger partial charge in [-0.05, 0) is 18.6 Å². The van der Waals surface area contributed by atoms with Crippen LogP contribution in [0, 0.1) is 6.92 Å². The van der Waals surface area contributed by atoms with Crippen molar-refractivity contribution >= 4 is 22.7 Å². The molecule has 0 unspecified atom stereocenters. The Morgan fingerprint density at radius 3 is 2.40 bits per heavy atom. The van der Waals surface area contributed by atoms with Gasteiger partial charge in [-0.25, -0.2) is 20.9 Å². The smallest absolute Gasteiger partial charge is 0.195 e. The highest BCUT2D eigenvalue weighted by Crippen LogP contribution is 2.22. The summed E-state index contributed by atoms with van der Waals surface area (Å²) in [6, 6.07) is 5.51. The third-order valence-corrected chi connectivity index (χ3v) is 2.11. The monoisotopic (exact) mass is 206 g/mol. The molecule has 0 bridgehead atoms. The number of hydrogen-bond acceptors (Lipinski definition) is 6. The highest BCUT2D eigenvalue weighted by molar-refractivity contribution is 5.82. The largest absolute Gasteiger partial charge is 0.290 e. The maximum Gasteiger partial charge on any atom is 0.195 e. The van der Waals surface area contributed by atoms with Crippen LogP contribution in [0.15, 0.2) is 18.2 Å². The molecule has 0 radical (unpaired) electrons. The van der Waals surface area contributed by atoms with Gasteiger partial charge < -0.3 is 0 Å². The number of hydrogen-bond donors (Lipinski definition) is 4. The van der Waals surface area contributed by atoms with Crippen molar-refractivity contribution in [2.75, 3.05) is 11.0 Å². The molecule has 0 saturated carbocycles. The second-order valence-electron chi connectivity index (χ2n) is 3.09. The maximum absolute atomic E-state index is 8.80. The van der Waals surface area contributed by atoms with Crippen LogP contribution in [-0.2, 0) is 0 Å². The summed E-state index contributed by atoms with van der Waals surface area (Å²) in [6.07, 6.45) is 0. The Morgan fingerprint density at radius 1 is 1.07 bits per heavy atom. The van der Waals surface area contributed by atoms with Crippen molar-refractivity contribution in [3.05, 3.63) is 23.8 Å². The van der Waals surface area contributed by atoms with E-state index in [1.807, 2.05) is 30.0 Å². The topological polar surface area (TPSA) is 90.3 Å². The Bertz CT molecular complexity index is 501. The van der Waals surface area contributed by atoms with E-state index in [0.29, 0.717) is 11.0 Å². The molecule has 6 nitrogen and oxygen atoms in total. The van der Waals surface area contributed by atoms with E-state index in [1.54, 1.807) is 6.07 Å². The van der Waals surface area contributed by atoms with E-state index < -0.39 is 0 Å². The van der Waals surface area contributed by atoms with Gasteiger partial charge in [-0.1, -0.05) is 12.1 Å². The minimum atomic E-state index is 0.0793. The first-order valence-electron chi connectivity index (χ1n) is 4.34. The maximum atomic E-state index is 8.80. The molecule has 2 rings (SSSR count). The number of aryl methyl sites for hydroxylation is 1. The van der Waals surface area contributed by atoms with Crippen LogP contribution in [0.1, 0.15) is 5.56 Å². The summed E-state index contributed by atoms with van der Waals surface area (Å²) in [5.74, 6) is 0.162. The summed E-state index contributed by atoms with van der Waals surface area (Å²) in [5.41, 5.74) is 6.00. The van der Waals surface area contributed by atoms with Crippen molar-refractivity contribution in [3.8, 4) is 0 Å². The highest BCUT2D eigenvalue weighted by Gasteiger charge is 2.08. The molecule has 78 valence electrons. The molecule has 6 heteroatoms. The average molecular weight is 206 g/mol. The first-order chi connectivity index (χ1) is 7.26. The van der Waals surface area contributed by atoms with Gasteiger partial charge in [0.25, 0.3) is 0 Å². The first kappa shape index (κ1) is 9.63. The average Bonchev–Trinajstić information content (AvgIpc) is 2.28. The van der Waals surface area contributed by atoms with Gasteiger partial charge in [0.1, 0.15) is 0 Å². The lowest BCUT2D eigenvalue weighted by molar-refractivity contribution is 0.373. The highest BCUT2D eigenvalue weighted by atomic mass is 16.5. The van der Waals surface area contributed by atoms with Gasteiger partial charge >= 0.3 is 0 Å². The number of anilines is 2. The van der Waals surface area contributed by atoms with E-state index >= 15 is 0 Å². The summed E-state index contributed by atoms with van der Waals surface area (Å²) < 4.78 is 0. The summed E-state index contributed by atoms with van der Waals surface area (Å²) in [5, 5.41) is 17.6. The second kappa shape index (κ2) is 3.68. The fourth-order valence-corrected chi connectivity index (χ4v) is 1.37. The third kappa shape index (κ3) is 1.56. The van der Waals surface area contributed by atoms with Crippen LogP contribution in [0.2, 0.25) is 0 Å². The summed E-state index contributed by atoms with van der Waals surface area (Å²) in [6.45, 7) is 1.89. The van der Waals surface area contributed by atoms with Crippen LogP contribution < -0.4 is 11.0 Å². The quantitative estimate of drug-likeness (QED) is 0.557. The van der Waals surface area contributed by atoms with Crippen molar-refractivity contribution in [1.29, 1.82) is 0 Å². The fraction of sp³-hybridized carbons (Fsp3) is 0.111. The Labute approximate surface area is 85.5 Å². The molecule has 4 N–H and O–H groups in total. The van der Waals surface area contributed by atoms with Crippen LogP contribution >= 0.6 is 0 Å². The van der Waals surface area contributed by atoms with Crippen molar-refractivity contribution in [2.24, 2.45) is 0 Å². The third-order valence-electron chi connectivity index (χ3n) is 2.11. The lowest BCUT2D eigenvalue weighted by atomic mass is 10.2. The standard InChI is InChI=1S/C9H10N4O2/c1-5-3-2-4-6-7(5)11-9(13-15)8(10-6)12-14/h2-4,14-15H,1H3,(H,10,12)(H,11,13). The molecule has 0 aliphatic rings. The van der Waals surface area contributed by atoms with E-state index in [4.69, 9.17) is 10.4 Å². The number of rotatable bonds is 2. The predicted octanol–water partition coefficient (Wildman–Crippen LogP) is 1.54. The molecule has 0 amide bonds. The van der Waals surface area contributed by atoms with Gasteiger partial charge in [0.2, 0.25) is 0 Å². The molecule has 0 atom stereocenters. The molecule has 0 fully saturated rings. The van der Waals surface area contributed by atoms with Gasteiger partial charge in [-0.15, -0.1) is 0 Å². The molecule has 1 aromatic heterocycles. The van der Waals surface area contributed by atoms with Crippen LogP contribution in [-0.4, -0.2) is 20.4 Å². The minimum absolute atomic E-state index is 0.0793. The number of para-hydroxylation sites is 1. The van der Waals surface area contributed by atoms with Gasteiger partial charge in [-0.2, -0.15) is 0 Å². The van der Waals surface area contributed by atoms with Crippen molar-refractivity contribution in [2.45, 2.75) is 6.92 Å².